The van der Waals surface area contributed by atoms with Crippen LogP contribution in [0.25, 0.3) is 0 Å². The topological polar surface area (TPSA) is 76.7 Å². The molecule has 0 aromatic carbocycles. The van der Waals surface area contributed by atoms with Gasteiger partial charge in [0.1, 0.15) is 16.8 Å². The largest absolute Gasteiger partial charge is 0.369 e. The van der Waals surface area contributed by atoms with Gasteiger partial charge >= 0.3 is 0 Å². The van der Waals surface area contributed by atoms with Gasteiger partial charge in [-0.05, 0) is 0 Å². The van der Waals surface area contributed by atoms with Crippen LogP contribution in [0.5, 0.6) is 0 Å². The first-order valence-corrected chi connectivity index (χ1v) is 6.07. The first-order chi connectivity index (χ1) is 8.65. The summed E-state index contributed by atoms with van der Waals surface area (Å²) in [5.41, 5.74) is 0. The molecule has 0 bridgehead atoms. The Balaban J connectivity index is 1.96. The predicted octanol–water partition coefficient (Wildman–Crippen LogP) is 2.29. The van der Waals surface area contributed by atoms with Gasteiger partial charge in [-0.1, -0.05) is 30.6 Å². The molecule has 0 saturated carbocycles. The number of anilines is 1. The molecule has 0 aliphatic heterocycles. The second kappa shape index (κ2) is 5.77. The lowest BCUT2D eigenvalue weighted by atomic mass is 10.2. The number of halogens is 1. The van der Waals surface area contributed by atoms with Crippen LogP contribution in [0, 0.1) is 0 Å². The highest BCUT2D eigenvalue weighted by molar-refractivity contribution is 6.29. The van der Waals surface area contributed by atoms with E-state index in [1.807, 2.05) is 13.8 Å². The van der Waals surface area contributed by atoms with Crippen LogP contribution in [0.15, 0.2) is 16.9 Å². The van der Waals surface area contributed by atoms with Gasteiger partial charge in [-0.3, -0.25) is 0 Å². The van der Waals surface area contributed by atoms with Crippen LogP contribution in [-0.2, 0) is 6.42 Å². The number of aromatic nitrogens is 4. The summed E-state index contributed by atoms with van der Waals surface area (Å²) in [6.45, 7) is 4.69. The van der Waals surface area contributed by atoms with Gasteiger partial charge in [0.05, 0.1) is 0 Å². The maximum absolute atomic E-state index is 5.94. The number of nitrogens with one attached hydrogen (secondary N) is 1. The van der Waals surface area contributed by atoms with Crippen LogP contribution in [0.3, 0.4) is 0 Å². The zero-order valence-electron chi connectivity index (χ0n) is 10.2. The molecule has 0 unspecified atom stereocenters. The summed E-state index contributed by atoms with van der Waals surface area (Å²) in [5, 5.41) is 7.13. The third kappa shape index (κ3) is 3.40. The Kier molecular flexibility index (Phi) is 4.09. The average molecular weight is 268 g/mol. The third-order valence-corrected chi connectivity index (χ3v) is 2.47. The van der Waals surface area contributed by atoms with Crippen LogP contribution in [0.4, 0.5) is 5.82 Å². The van der Waals surface area contributed by atoms with Crippen LogP contribution in [0.1, 0.15) is 31.5 Å². The molecule has 2 aromatic rings. The third-order valence-electron chi connectivity index (χ3n) is 2.28. The summed E-state index contributed by atoms with van der Waals surface area (Å²) in [6, 6.07) is 1.70. The summed E-state index contributed by atoms with van der Waals surface area (Å²) in [7, 11) is 0. The van der Waals surface area contributed by atoms with Crippen LogP contribution >= 0.6 is 11.6 Å². The van der Waals surface area contributed by atoms with Crippen molar-refractivity contribution in [1.29, 1.82) is 0 Å². The Morgan fingerprint density at radius 3 is 2.89 bits per heavy atom. The van der Waals surface area contributed by atoms with Crippen molar-refractivity contribution in [3.05, 3.63) is 29.3 Å². The molecule has 2 heterocycles. The van der Waals surface area contributed by atoms with Gasteiger partial charge < -0.3 is 9.84 Å². The zero-order valence-corrected chi connectivity index (χ0v) is 11.0. The molecule has 2 rings (SSSR count). The van der Waals surface area contributed by atoms with Gasteiger partial charge in [-0.25, -0.2) is 9.97 Å². The van der Waals surface area contributed by atoms with Crippen molar-refractivity contribution in [3.63, 3.8) is 0 Å². The zero-order chi connectivity index (χ0) is 13.0. The van der Waals surface area contributed by atoms with Crippen molar-refractivity contribution in [2.24, 2.45) is 0 Å². The molecule has 0 radical (unpaired) electrons. The minimum atomic E-state index is 0.236. The summed E-state index contributed by atoms with van der Waals surface area (Å²) in [6.07, 6.45) is 2.02. The van der Waals surface area contributed by atoms with Crippen molar-refractivity contribution < 1.29 is 4.52 Å². The van der Waals surface area contributed by atoms with E-state index in [9.17, 15) is 0 Å². The molecule has 0 amide bonds. The highest BCUT2D eigenvalue weighted by Crippen LogP contribution is 2.16. The predicted molar refractivity (Wildman–Crippen MR) is 67.6 cm³/mol. The van der Waals surface area contributed by atoms with E-state index >= 15 is 0 Å². The van der Waals surface area contributed by atoms with E-state index in [0.717, 1.165) is 5.82 Å². The van der Waals surface area contributed by atoms with Crippen molar-refractivity contribution >= 4 is 17.4 Å². The second-order valence-electron chi connectivity index (χ2n) is 4.10. The highest BCUT2D eigenvalue weighted by atomic mass is 35.5. The van der Waals surface area contributed by atoms with E-state index in [-0.39, 0.29) is 5.92 Å². The molecule has 18 heavy (non-hydrogen) atoms. The number of nitrogens with zero attached hydrogens (tertiary/aromatic N) is 4. The van der Waals surface area contributed by atoms with Gasteiger partial charge in [-0.15, -0.1) is 0 Å². The van der Waals surface area contributed by atoms with E-state index in [2.05, 4.69) is 25.4 Å². The normalized spacial score (nSPS) is 10.9. The molecule has 0 spiro atoms. The van der Waals surface area contributed by atoms with E-state index in [1.165, 1.54) is 6.33 Å². The SMILES string of the molecule is CC(C)c1nc(Cl)cc(NCCc2ncno2)n1. The monoisotopic (exact) mass is 267 g/mol. The lowest BCUT2D eigenvalue weighted by Crippen LogP contribution is -2.09. The average Bonchev–Trinajstić information content (AvgIpc) is 2.81. The summed E-state index contributed by atoms with van der Waals surface area (Å²) >= 11 is 5.94. The van der Waals surface area contributed by atoms with Crippen LogP contribution in [0.2, 0.25) is 5.15 Å². The van der Waals surface area contributed by atoms with Gasteiger partial charge in [0.15, 0.2) is 6.33 Å². The quantitative estimate of drug-likeness (QED) is 0.838. The number of rotatable bonds is 5. The molecular formula is C11H14ClN5O. The van der Waals surface area contributed by atoms with E-state index in [4.69, 9.17) is 16.1 Å². The van der Waals surface area contributed by atoms with Gasteiger partial charge in [-0.2, -0.15) is 4.98 Å². The standard InChI is InChI=1S/C11H14ClN5O/c1-7(2)11-16-8(12)5-9(17-11)13-4-3-10-14-6-15-18-10/h5-7H,3-4H2,1-2H3,(H,13,16,17). The fourth-order valence-electron chi connectivity index (χ4n) is 1.39. The molecule has 1 N–H and O–H groups in total. The lowest BCUT2D eigenvalue weighted by Gasteiger charge is -2.08. The molecule has 6 nitrogen and oxygen atoms in total. The maximum Gasteiger partial charge on any atom is 0.228 e. The first-order valence-electron chi connectivity index (χ1n) is 5.69. The molecule has 2 aromatic heterocycles. The molecule has 0 aliphatic rings. The van der Waals surface area contributed by atoms with E-state index in [0.29, 0.717) is 29.8 Å². The van der Waals surface area contributed by atoms with E-state index in [1.54, 1.807) is 6.07 Å². The molecule has 7 heteroatoms. The summed E-state index contributed by atoms with van der Waals surface area (Å²) in [5.74, 6) is 2.26. The number of hydrogen-bond acceptors (Lipinski definition) is 6. The first kappa shape index (κ1) is 12.8. The Morgan fingerprint density at radius 2 is 2.22 bits per heavy atom. The fourth-order valence-corrected chi connectivity index (χ4v) is 1.58. The van der Waals surface area contributed by atoms with Crippen molar-refractivity contribution in [2.75, 3.05) is 11.9 Å². The molecule has 96 valence electrons. The second-order valence-corrected chi connectivity index (χ2v) is 4.49. The lowest BCUT2D eigenvalue weighted by molar-refractivity contribution is 0.379. The smallest absolute Gasteiger partial charge is 0.228 e. The fraction of sp³-hybridized carbons (Fsp3) is 0.455. The molecular weight excluding hydrogens is 254 g/mol. The van der Waals surface area contributed by atoms with Crippen molar-refractivity contribution in [2.45, 2.75) is 26.2 Å². The summed E-state index contributed by atoms with van der Waals surface area (Å²) in [4.78, 5) is 12.5. The number of hydrogen-bond donors (Lipinski definition) is 1. The Labute approximate surface area is 110 Å². The maximum atomic E-state index is 5.94. The Hall–Kier alpha value is -1.69. The Morgan fingerprint density at radius 1 is 1.39 bits per heavy atom. The molecule has 0 aliphatic carbocycles. The van der Waals surface area contributed by atoms with Crippen LogP contribution < -0.4 is 5.32 Å². The van der Waals surface area contributed by atoms with Gasteiger partial charge in [0, 0.05) is 24.9 Å². The van der Waals surface area contributed by atoms with Gasteiger partial charge in [0.2, 0.25) is 5.89 Å². The van der Waals surface area contributed by atoms with Crippen LogP contribution in [-0.4, -0.2) is 26.7 Å². The minimum Gasteiger partial charge on any atom is -0.369 e. The minimum absolute atomic E-state index is 0.236. The molecule has 0 atom stereocenters. The molecule has 0 saturated heterocycles. The van der Waals surface area contributed by atoms with E-state index < -0.39 is 0 Å². The summed E-state index contributed by atoms with van der Waals surface area (Å²) < 4.78 is 4.90. The molecule has 0 fully saturated rings. The highest BCUT2D eigenvalue weighted by Gasteiger charge is 2.07. The van der Waals surface area contributed by atoms with Crippen molar-refractivity contribution in [3.8, 4) is 0 Å². The van der Waals surface area contributed by atoms with Crippen molar-refractivity contribution in [1.82, 2.24) is 20.1 Å². The van der Waals surface area contributed by atoms with Gasteiger partial charge in [0.25, 0.3) is 0 Å². The Bertz CT molecular complexity index is 500.